The minimum Gasteiger partial charge on any atom is -0.495 e. The molecule has 10 heteroatoms. The number of nitrogens with zero attached hydrogens (tertiary/aromatic N) is 4. The summed E-state index contributed by atoms with van der Waals surface area (Å²) in [5, 5.41) is 14.6. The van der Waals surface area contributed by atoms with Crippen molar-refractivity contribution in [3.8, 4) is 28.6 Å². The molecule has 1 amide bonds. The van der Waals surface area contributed by atoms with Gasteiger partial charge in [-0.1, -0.05) is 35.5 Å². The molecule has 4 aromatic rings. The van der Waals surface area contributed by atoms with Gasteiger partial charge in [0.05, 0.1) is 12.8 Å². The van der Waals surface area contributed by atoms with Crippen LogP contribution >= 0.6 is 0 Å². The van der Waals surface area contributed by atoms with Gasteiger partial charge in [0.2, 0.25) is 11.7 Å². The first-order valence-electron chi connectivity index (χ1n) is 10.9. The molecule has 10 nitrogen and oxygen atoms in total. The van der Waals surface area contributed by atoms with Gasteiger partial charge >= 0.3 is 0 Å². The van der Waals surface area contributed by atoms with E-state index in [0.717, 1.165) is 16.7 Å². The molecule has 4 N–H and O–H groups in total. The van der Waals surface area contributed by atoms with Crippen LogP contribution in [0.4, 0.5) is 17.3 Å². The molecule has 0 fully saturated rings. The first kappa shape index (κ1) is 22.8. The first-order chi connectivity index (χ1) is 16.4. The highest BCUT2D eigenvalue weighted by atomic mass is 16.5. The van der Waals surface area contributed by atoms with Crippen LogP contribution in [0.25, 0.3) is 22.8 Å². The highest BCUT2D eigenvalue weighted by molar-refractivity contribution is 5.93. The minimum atomic E-state index is -0.307. The number of carbonyl (C=O) groups is 1. The molecule has 0 saturated carbocycles. The van der Waals surface area contributed by atoms with E-state index in [4.69, 9.17) is 15.0 Å². The van der Waals surface area contributed by atoms with Gasteiger partial charge in [-0.05, 0) is 44.0 Å². The van der Waals surface area contributed by atoms with Crippen molar-refractivity contribution in [2.24, 2.45) is 0 Å². The predicted octanol–water partition coefficient (Wildman–Crippen LogP) is 3.88. The van der Waals surface area contributed by atoms with E-state index in [1.165, 1.54) is 4.68 Å². The lowest BCUT2D eigenvalue weighted by Gasteiger charge is -2.11. The Morgan fingerprint density at radius 1 is 1.21 bits per heavy atom. The Labute approximate surface area is 197 Å². The van der Waals surface area contributed by atoms with Crippen LogP contribution in [0.1, 0.15) is 18.1 Å². The summed E-state index contributed by atoms with van der Waals surface area (Å²) in [5.74, 6) is 1.63. The normalized spacial score (nSPS) is 10.8. The van der Waals surface area contributed by atoms with Crippen molar-refractivity contribution in [1.82, 2.24) is 19.9 Å². The number of nitrogens with two attached hydrogens (primary N) is 1. The lowest BCUT2D eigenvalue weighted by Crippen LogP contribution is -2.21. The van der Waals surface area contributed by atoms with E-state index in [9.17, 15) is 4.79 Å². The standard InChI is InChI=1S/C24H27N7O3/c1-5-26-23-20(24-28-22(30-34-24)16-9-7-6-8-15(16)3)21(25)31(29-23)13-19(32)27-17-12-14(2)10-11-18(17)33-4/h6-12H,5,13,25H2,1-4H3,(H,26,29)(H,27,32). The van der Waals surface area contributed by atoms with Gasteiger partial charge in [-0.25, -0.2) is 4.68 Å². The van der Waals surface area contributed by atoms with Crippen LogP contribution in [0.3, 0.4) is 0 Å². The van der Waals surface area contributed by atoms with E-state index in [2.05, 4.69) is 25.9 Å². The lowest BCUT2D eigenvalue weighted by atomic mass is 10.1. The molecule has 0 aliphatic rings. The summed E-state index contributed by atoms with van der Waals surface area (Å²) in [6.07, 6.45) is 0. The fraction of sp³-hybridized carbons (Fsp3) is 0.250. The summed E-state index contributed by atoms with van der Waals surface area (Å²) in [7, 11) is 1.55. The summed E-state index contributed by atoms with van der Waals surface area (Å²) in [5.41, 5.74) is 10.3. The van der Waals surface area contributed by atoms with Gasteiger partial charge in [-0.2, -0.15) is 10.1 Å². The number of ether oxygens (including phenoxy) is 1. The van der Waals surface area contributed by atoms with Gasteiger partial charge in [-0.15, -0.1) is 0 Å². The molecule has 0 saturated heterocycles. The van der Waals surface area contributed by atoms with E-state index in [-0.39, 0.29) is 24.2 Å². The summed E-state index contributed by atoms with van der Waals surface area (Å²) in [6.45, 7) is 6.33. The number of carbonyl (C=O) groups excluding carboxylic acids is 1. The Kier molecular flexibility index (Phi) is 6.48. The third kappa shape index (κ3) is 4.56. The number of aryl methyl sites for hydroxylation is 2. The molecule has 0 aliphatic carbocycles. The minimum absolute atomic E-state index is 0.111. The van der Waals surface area contributed by atoms with Crippen molar-refractivity contribution in [2.45, 2.75) is 27.3 Å². The number of benzene rings is 2. The Hall–Kier alpha value is -4.34. The molecule has 4 rings (SSSR count). The summed E-state index contributed by atoms with van der Waals surface area (Å²) in [4.78, 5) is 17.3. The van der Waals surface area contributed by atoms with Crippen LogP contribution < -0.4 is 21.1 Å². The number of anilines is 3. The third-order valence-corrected chi connectivity index (χ3v) is 5.28. The van der Waals surface area contributed by atoms with Crippen LogP contribution in [-0.2, 0) is 11.3 Å². The van der Waals surface area contributed by atoms with Gasteiger partial charge in [0, 0.05) is 12.1 Å². The Balaban J connectivity index is 1.62. The molecule has 0 unspecified atom stereocenters. The number of amides is 1. The van der Waals surface area contributed by atoms with Gasteiger partial charge < -0.3 is 25.6 Å². The van der Waals surface area contributed by atoms with E-state index in [1.54, 1.807) is 13.2 Å². The quantitative estimate of drug-likeness (QED) is 0.360. The molecule has 2 aromatic heterocycles. The second kappa shape index (κ2) is 9.65. The van der Waals surface area contributed by atoms with Crippen molar-refractivity contribution in [3.05, 3.63) is 53.6 Å². The Morgan fingerprint density at radius 2 is 2.00 bits per heavy atom. The van der Waals surface area contributed by atoms with Crippen molar-refractivity contribution in [1.29, 1.82) is 0 Å². The number of nitrogens with one attached hydrogen (secondary N) is 2. The molecule has 0 bridgehead atoms. The number of hydrogen-bond donors (Lipinski definition) is 3. The van der Waals surface area contributed by atoms with Gasteiger partial charge in [0.1, 0.15) is 23.7 Å². The monoisotopic (exact) mass is 461 g/mol. The molecule has 0 spiro atoms. The van der Waals surface area contributed by atoms with Crippen molar-refractivity contribution in [2.75, 3.05) is 30.0 Å². The Bertz CT molecular complexity index is 1330. The van der Waals surface area contributed by atoms with E-state index < -0.39 is 0 Å². The molecular weight excluding hydrogens is 434 g/mol. The predicted molar refractivity (Wildman–Crippen MR) is 131 cm³/mol. The lowest BCUT2D eigenvalue weighted by molar-refractivity contribution is -0.116. The van der Waals surface area contributed by atoms with Crippen LogP contribution in [-0.4, -0.2) is 39.5 Å². The fourth-order valence-corrected chi connectivity index (χ4v) is 3.60. The average Bonchev–Trinajstić information content (AvgIpc) is 3.39. The largest absolute Gasteiger partial charge is 0.495 e. The van der Waals surface area contributed by atoms with Gasteiger partial charge in [-0.3, -0.25) is 4.79 Å². The summed E-state index contributed by atoms with van der Waals surface area (Å²) >= 11 is 0. The van der Waals surface area contributed by atoms with E-state index in [1.807, 2.05) is 57.2 Å². The zero-order valence-electron chi connectivity index (χ0n) is 19.5. The molecule has 0 atom stereocenters. The number of rotatable bonds is 8. The van der Waals surface area contributed by atoms with Crippen LogP contribution in [0.5, 0.6) is 5.75 Å². The van der Waals surface area contributed by atoms with Crippen molar-refractivity contribution in [3.63, 3.8) is 0 Å². The smallest absolute Gasteiger partial charge is 0.265 e. The maximum absolute atomic E-state index is 12.8. The van der Waals surface area contributed by atoms with Crippen LogP contribution in [0.2, 0.25) is 0 Å². The number of hydrogen-bond acceptors (Lipinski definition) is 8. The fourth-order valence-electron chi connectivity index (χ4n) is 3.60. The molecule has 2 heterocycles. The zero-order chi connectivity index (χ0) is 24.2. The molecule has 0 aliphatic heterocycles. The SMILES string of the molecule is CCNc1nn(CC(=O)Nc2cc(C)ccc2OC)c(N)c1-c1nc(-c2ccccc2C)no1. The van der Waals surface area contributed by atoms with Gasteiger partial charge in [0.15, 0.2) is 5.82 Å². The molecule has 0 radical (unpaired) electrons. The molecule has 2 aromatic carbocycles. The number of methoxy groups -OCH3 is 1. The highest BCUT2D eigenvalue weighted by Gasteiger charge is 2.24. The molecule has 176 valence electrons. The van der Waals surface area contributed by atoms with Crippen LogP contribution in [0.15, 0.2) is 47.0 Å². The van der Waals surface area contributed by atoms with E-state index in [0.29, 0.717) is 35.2 Å². The third-order valence-electron chi connectivity index (χ3n) is 5.28. The average molecular weight is 462 g/mol. The van der Waals surface area contributed by atoms with Crippen LogP contribution in [0, 0.1) is 13.8 Å². The first-order valence-corrected chi connectivity index (χ1v) is 10.9. The summed E-state index contributed by atoms with van der Waals surface area (Å²) < 4.78 is 12.3. The Morgan fingerprint density at radius 3 is 2.74 bits per heavy atom. The van der Waals surface area contributed by atoms with Gasteiger partial charge in [0.25, 0.3) is 5.89 Å². The summed E-state index contributed by atoms with van der Waals surface area (Å²) in [6, 6.07) is 13.3. The van der Waals surface area contributed by atoms with Crippen molar-refractivity contribution >= 4 is 23.2 Å². The molecular formula is C24H27N7O3. The second-order valence-corrected chi connectivity index (χ2v) is 7.79. The second-order valence-electron chi connectivity index (χ2n) is 7.79. The number of nitrogen functional groups attached to an aromatic ring is 1. The maximum atomic E-state index is 12.8. The maximum Gasteiger partial charge on any atom is 0.265 e. The number of aromatic nitrogens is 4. The topological polar surface area (TPSA) is 133 Å². The zero-order valence-corrected chi connectivity index (χ0v) is 19.5. The van der Waals surface area contributed by atoms with Crippen molar-refractivity contribution < 1.29 is 14.1 Å². The molecule has 34 heavy (non-hydrogen) atoms. The van der Waals surface area contributed by atoms with E-state index >= 15 is 0 Å². The highest BCUT2D eigenvalue weighted by Crippen LogP contribution is 2.34.